The lowest BCUT2D eigenvalue weighted by Crippen LogP contribution is -2.29. The minimum atomic E-state index is -0.508. The lowest BCUT2D eigenvalue weighted by atomic mass is 9.83. The van der Waals surface area contributed by atoms with Crippen LogP contribution in [0.15, 0.2) is 54.6 Å². The number of benzene rings is 2. The van der Waals surface area contributed by atoms with Gasteiger partial charge in [-0.2, -0.15) is 0 Å². The first-order valence-electron chi connectivity index (χ1n) is 9.05. The molecule has 5 heteroatoms. The predicted molar refractivity (Wildman–Crippen MR) is 98.9 cm³/mol. The lowest BCUT2D eigenvalue weighted by Gasteiger charge is -2.28. The van der Waals surface area contributed by atoms with Crippen LogP contribution in [0.4, 0.5) is 20.6 Å². The van der Waals surface area contributed by atoms with E-state index in [4.69, 9.17) is 4.74 Å². The Hall–Kier alpha value is -2.40. The van der Waals surface area contributed by atoms with Crippen LogP contribution in [0.25, 0.3) is 0 Å². The monoisotopic (exact) mass is 357 g/mol. The van der Waals surface area contributed by atoms with E-state index in [1.54, 1.807) is 24.3 Å². The standard InChI is InChI=1S/C21H24FNO3/c22-18-5-4-8-20(13-18)23(19-6-2-1-3-7-19)21(25)26-15-17-11-9-16(14-24)10-12-17/h1-8,13,16-17,24H,9-12,14-15H2/t16-,17-. The minimum Gasteiger partial charge on any atom is -0.449 e. The van der Waals surface area contributed by atoms with Crippen molar-refractivity contribution in [2.75, 3.05) is 18.1 Å². The Morgan fingerprint density at radius 2 is 1.65 bits per heavy atom. The zero-order valence-corrected chi connectivity index (χ0v) is 14.7. The molecule has 0 heterocycles. The van der Waals surface area contributed by atoms with Crippen molar-refractivity contribution in [2.45, 2.75) is 25.7 Å². The largest absolute Gasteiger partial charge is 0.449 e. The summed E-state index contributed by atoms with van der Waals surface area (Å²) in [5, 5.41) is 9.22. The average Bonchev–Trinajstić information content (AvgIpc) is 2.68. The van der Waals surface area contributed by atoms with Crippen LogP contribution >= 0.6 is 0 Å². The van der Waals surface area contributed by atoms with E-state index in [0.717, 1.165) is 25.7 Å². The first-order chi connectivity index (χ1) is 12.7. The van der Waals surface area contributed by atoms with Crippen molar-refractivity contribution in [3.8, 4) is 0 Å². The number of aliphatic hydroxyl groups excluding tert-OH is 1. The van der Waals surface area contributed by atoms with Gasteiger partial charge in [-0.05, 0) is 67.9 Å². The molecule has 1 aliphatic rings. The van der Waals surface area contributed by atoms with Crippen molar-refractivity contribution >= 4 is 17.5 Å². The molecule has 0 radical (unpaired) electrons. The molecule has 4 nitrogen and oxygen atoms in total. The Morgan fingerprint density at radius 1 is 1.00 bits per heavy atom. The van der Waals surface area contributed by atoms with Crippen LogP contribution in [0.5, 0.6) is 0 Å². The van der Waals surface area contributed by atoms with Crippen molar-refractivity contribution < 1.29 is 19.0 Å². The summed E-state index contributed by atoms with van der Waals surface area (Å²) < 4.78 is 19.2. The summed E-state index contributed by atoms with van der Waals surface area (Å²) in [5.74, 6) is 0.278. The van der Waals surface area contributed by atoms with E-state index in [-0.39, 0.29) is 6.61 Å². The summed E-state index contributed by atoms with van der Waals surface area (Å²) in [5.41, 5.74) is 1.07. The molecule has 0 atom stereocenters. The zero-order chi connectivity index (χ0) is 18.4. The van der Waals surface area contributed by atoms with E-state index in [1.165, 1.54) is 17.0 Å². The molecule has 0 aromatic heterocycles. The summed E-state index contributed by atoms with van der Waals surface area (Å²) in [6.45, 7) is 0.573. The number of halogens is 1. The number of hydrogen-bond acceptors (Lipinski definition) is 3. The Kier molecular flexibility index (Phi) is 6.23. The van der Waals surface area contributed by atoms with Gasteiger partial charge in [-0.3, -0.25) is 0 Å². The number of aliphatic hydroxyl groups is 1. The second-order valence-corrected chi connectivity index (χ2v) is 6.80. The van der Waals surface area contributed by atoms with Gasteiger partial charge in [0.15, 0.2) is 0 Å². The molecule has 0 saturated heterocycles. The van der Waals surface area contributed by atoms with E-state index in [0.29, 0.717) is 29.8 Å². The normalized spacial score (nSPS) is 19.8. The van der Waals surface area contributed by atoms with Gasteiger partial charge in [-0.25, -0.2) is 14.1 Å². The summed E-state index contributed by atoms with van der Waals surface area (Å²) in [6, 6.07) is 15.0. The van der Waals surface area contributed by atoms with Gasteiger partial charge >= 0.3 is 6.09 Å². The van der Waals surface area contributed by atoms with Gasteiger partial charge in [-0.1, -0.05) is 24.3 Å². The Bertz CT molecular complexity index is 714. The second-order valence-electron chi connectivity index (χ2n) is 6.80. The Labute approximate surface area is 153 Å². The smallest absolute Gasteiger partial charge is 0.418 e. The fraction of sp³-hybridized carbons (Fsp3) is 0.381. The highest BCUT2D eigenvalue weighted by atomic mass is 19.1. The molecule has 1 fully saturated rings. The highest BCUT2D eigenvalue weighted by Crippen LogP contribution is 2.30. The third kappa shape index (κ3) is 4.61. The average molecular weight is 357 g/mol. The SMILES string of the molecule is O=C(OC[C@H]1CC[C@H](CO)CC1)N(c1ccccc1)c1cccc(F)c1. The van der Waals surface area contributed by atoms with Gasteiger partial charge in [0.1, 0.15) is 5.82 Å². The molecule has 1 saturated carbocycles. The van der Waals surface area contributed by atoms with Crippen LogP contribution in [-0.2, 0) is 4.74 Å². The van der Waals surface area contributed by atoms with Gasteiger partial charge in [0.05, 0.1) is 18.0 Å². The second kappa shape index (κ2) is 8.81. The number of carbonyl (C=O) groups is 1. The molecule has 0 unspecified atom stereocenters. The number of para-hydroxylation sites is 1. The summed E-state index contributed by atoms with van der Waals surface area (Å²) >= 11 is 0. The number of ether oxygens (including phenoxy) is 1. The van der Waals surface area contributed by atoms with Crippen LogP contribution in [-0.4, -0.2) is 24.4 Å². The molecule has 1 aliphatic carbocycles. The fourth-order valence-electron chi connectivity index (χ4n) is 3.39. The first-order valence-corrected chi connectivity index (χ1v) is 9.05. The third-order valence-corrected chi connectivity index (χ3v) is 4.93. The van der Waals surface area contributed by atoms with Crippen molar-refractivity contribution in [3.05, 3.63) is 60.4 Å². The number of rotatable bonds is 5. The number of carbonyl (C=O) groups excluding carboxylic acids is 1. The quantitative estimate of drug-likeness (QED) is 0.828. The topological polar surface area (TPSA) is 49.8 Å². The number of hydrogen-bond donors (Lipinski definition) is 1. The predicted octanol–water partition coefficient (Wildman–Crippen LogP) is 4.90. The Morgan fingerprint density at radius 3 is 2.31 bits per heavy atom. The summed E-state index contributed by atoms with van der Waals surface area (Å²) in [6.07, 6.45) is 3.31. The molecule has 0 spiro atoms. The minimum absolute atomic E-state index is 0.230. The molecule has 0 bridgehead atoms. The molecule has 1 N–H and O–H groups in total. The van der Waals surface area contributed by atoms with Gasteiger partial charge < -0.3 is 9.84 Å². The molecule has 26 heavy (non-hydrogen) atoms. The molecule has 2 aromatic carbocycles. The molecular weight excluding hydrogens is 333 g/mol. The molecular formula is C21H24FNO3. The molecule has 3 rings (SSSR count). The van der Waals surface area contributed by atoms with Gasteiger partial charge in [0.2, 0.25) is 0 Å². The number of nitrogens with zero attached hydrogens (tertiary/aromatic N) is 1. The molecule has 138 valence electrons. The molecule has 0 aliphatic heterocycles. The maximum atomic E-state index is 13.7. The first kappa shape index (κ1) is 18.4. The zero-order valence-electron chi connectivity index (χ0n) is 14.7. The van der Waals surface area contributed by atoms with E-state index < -0.39 is 11.9 Å². The van der Waals surface area contributed by atoms with Gasteiger partial charge in [0, 0.05) is 6.61 Å². The summed E-state index contributed by atoms with van der Waals surface area (Å²) in [4.78, 5) is 14.2. The van der Waals surface area contributed by atoms with Gasteiger partial charge in [0.25, 0.3) is 0 Å². The molecule has 1 amide bonds. The highest BCUT2D eigenvalue weighted by molar-refractivity contribution is 5.95. The lowest BCUT2D eigenvalue weighted by molar-refractivity contribution is 0.104. The maximum absolute atomic E-state index is 13.7. The molecule has 2 aromatic rings. The van der Waals surface area contributed by atoms with Crippen LogP contribution in [0.3, 0.4) is 0 Å². The summed E-state index contributed by atoms with van der Waals surface area (Å²) in [7, 11) is 0. The van der Waals surface area contributed by atoms with Crippen molar-refractivity contribution in [1.82, 2.24) is 0 Å². The maximum Gasteiger partial charge on any atom is 0.418 e. The van der Waals surface area contributed by atoms with Crippen LogP contribution in [0, 0.1) is 17.7 Å². The van der Waals surface area contributed by atoms with E-state index in [1.807, 2.05) is 18.2 Å². The van der Waals surface area contributed by atoms with Crippen molar-refractivity contribution in [1.29, 1.82) is 0 Å². The third-order valence-electron chi connectivity index (χ3n) is 4.93. The van der Waals surface area contributed by atoms with E-state index in [2.05, 4.69) is 0 Å². The number of amides is 1. The van der Waals surface area contributed by atoms with Crippen molar-refractivity contribution in [3.63, 3.8) is 0 Å². The highest BCUT2D eigenvalue weighted by Gasteiger charge is 2.24. The number of anilines is 2. The van der Waals surface area contributed by atoms with Crippen LogP contribution in [0.1, 0.15) is 25.7 Å². The fourth-order valence-corrected chi connectivity index (χ4v) is 3.39. The van der Waals surface area contributed by atoms with Gasteiger partial charge in [-0.15, -0.1) is 0 Å². The van der Waals surface area contributed by atoms with Crippen LogP contribution in [0.2, 0.25) is 0 Å². The van der Waals surface area contributed by atoms with Crippen LogP contribution < -0.4 is 4.90 Å². The van der Waals surface area contributed by atoms with Crippen molar-refractivity contribution in [2.24, 2.45) is 11.8 Å². The Balaban J connectivity index is 1.70. The van der Waals surface area contributed by atoms with E-state index >= 15 is 0 Å². The van der Waals surface area contributed by atoms with E-state index in [9.17, 15) is 14.3 Å².